The van der Waals surface area contributed by atoms with E-state index >= 15 is 0 Å². The fourth-order valence-corrected chi connectivity index (χ4v) is 3.46. The van der Waals surface area contributed by atoms with Crippen molar-refractivity contribution in [3.63, 3.8) is 0 Å². The van der Waals surface area contributed by atoms with Crippen molar-refractivity contribution in [2.45, 2.75) is 26.7 Å². The summed E-state index contributed by atoms with van der Waals surface area (Å²) in [5, 5.41) is 4.00. The van der Waals surface area contributed by atoms with Gasteiger partial charge in [0.1, 0.15) is 11.6 Å². The van der Waals surface area contributed by atoms with E-state index in [9.17, 15) is 4.39 Å². The number of benzene rings is 1. The van der Waals surface area contributed by atoms with Crippen molar-refractivity contribution in [3.05, 3.63) is 47.1 Å². The summed E-state index contributed by atoms with van der Waals surface area (Å²) in [5.74, 6) is 1.41. The molecule has 0 saturated carbocycles. The maximum Gasteiger partial charge on any atom is 0.191 e. The zero-order chi connectivity index (χ0) is 18.7. The molecule has 0 radical (unpaired) electrons. The molecule has 0 spiro atoms. The highest BCUT2D eigenvalue weighted by Crippen LogP contribution is 2.23. The molecular formula is C19H27FIN5O. The van der Waals surface area contributed by atoms with Crippen molar-refractivity contribution in [1.29, 1.82) is 0 Å². The van der Waals surface area contributed by atoms with Crippen LogP contribution in [-0.4, -0.2) is 48.7 Å². The van der Waals surface area contributed by atoms with E-state index in [1.54, 1.807) is 0 Å². The van der Waals surface area contributed by atoms with Crippen molar-refractivity contribution in [3.8, 4) is 0 Å². The number of nitrogens with zero attached hydrogens (tertiary/aromatic N) is 4. The maximum absolute atomic E-state index is 13.1. The van der Waals surface area contributed by atoms with Crippen molar-refractivity contribution < 1.29 is 8.91 Å². The minimum Gasteiger partial charge on any atom is -0.370 e. The molecule has 2 heterocycles. The Labute approximate surface area is 176 Å². The third-order valence-corrected chi connectivity index (χ3v) is 4.90. The molecule has 1 aliphatic rings. The quantitative estimate of drug-likeness (QED) is 0.407. The van der Waals surface area contributed by atoms with Crippen LogP contribution in [0.1, 0.15) is 29.9 Å². The summed E-state index contributed by atoms with van der Waals surface area (Å²) in [6.45, 7) is 9.85. The molecule has 8 heteroatoms. The topological polar surface area (TPSA) is 70.9 Å². The van der Waals surface area contributed by atoms with E-state index in [1.807, 2.05) is 26.0 Å². The van der Waals surface area contributed by atoms with Gasteiger partial charge in [-0.2, -0.15) is 0 Å². The standard InChI is InChI=1S/C19H26FN5O.HI/c1-13(18-14(2)23-26-15(18)3)12-22-19(21)25-10-8-24(9-11-25)17-6-4-16(20)5-7-17;/h4-7,13H,8-12H2,1-3H3,(H2,21,22);1H. The molecule has 2 N–H and O–H groups in total. The first kappa shape index (κ1) is 21.5. The average Bonchev–Trinajstić information content (AvgIpc) is 2.99. The van der Waals surface area contributed by atoms with Crippen LogP contribution >= 0.6 is 24.0 Å². The van der Waals surface area contributed by atoms with E-state index in [2.05, 4.69) is 26.9 Å². The van der Waals surface area contributed by atoms with Crippen LogP contribution in [0, 0.1) is 19.7 Å². The van der Waals surface area contributed by atoms with Gasteiger partial charge in [0, 0.05) is 49.9 Å². The molecule has 3 rings (SSSR count). The van der Waals surface area contributed by atoms with Gasteiger partial charge < -0.3 is 20.1 Å². The first-order valence-electron chi connectivity index (χ1n) is 8.94. The van der Waals surface area contributed by atoms with Crippen LogP contribution in [0.25, 0.3) is 0 Å². The summed E-state index contributed by atoms with van der Waals surface area (Å²) in [7, 11) is 0. The van der Waals surface area contributed by atoms with Crippen molar-refractivity contribution >= 4 is 35.6 Å². The normalized spacial score (nSPS) is 16.2. The fraction of sp³-hybridized carbons (Fsp3) is 0.474. The average molecular weight is 487 g/mol. The van der Waals surface area contributed by atoms with Gasteiger partial charge in [-0.25, -0.2) is 4.39 Å². The second-order valence-electron chi connectivity index (χ2n) is 6.79. The largest absolute Gasteiger partial charge is 0.370 e. The van der Waals surface area contributed by atoms with E-state index in [0.29, 0.717) is 12.5 Å². The summed E-state index contributed by atoms with van der Waals surface area (Å²) < 4.78 is 18.3. The number of anilines is 1. The zero-order valence-electron chi connectivity index (χ0n) is 16.0. The number of aromatic nitrogens is 1. The summed E-state index contributed by atoms with van der Waals surface area (Å²) in [5.41, 5.74) is 9.26. The second kappa shape index (κ2) is 9.38. The number of halogens is 2. The summed E-state index contributed by atoms with van der Waals surface area (Å²) in [6, 6.07) is 6.61. The lowest BCUT2D eigenvalue weighted by Gasteiger charge is -2.36. The van der Waals surface area contributed by atoms with Gasteiger partial charge in [-0.3, -0.25) is 4.99 Å². The van der Waals surface area contributed by atoms with Crippen molar-refractivity contribution in [2.75, 3.05) is 37.6 Å². The van der Waals surface area contributed by atoms with Crippen molar-refractivity contribution in [2.24, 2.45) is 10.7 Å². The van der Waals surface area contributed by atoms with E-state index in [-0.39, 0.29) is 35.7 Å². The molecule has 1 atom stereocenters. The maximum atomic E-state index is 13.1. The molecule has 6 nitrogen and oxygen atoms in total. The van der Waals surface area contributed by atoms with Crippen LogP contribution < -0.4 is 10.6 Å². The van der Waals surface area contributed by atoms with Gasteiger partial charge in [-0.15, -0.1) is 24.0 Å². The monoisotopic (exact) mass is 487 g/mol. The number of aliphatic imine (C=N–C) groups is 1. The van der Waals surface area contributed by atoms with Crippen LogP contribution in [0.5, 0.6) is 0 Å². The van der Waals surface area contributed by atoms with Crippen LogP contribution in [0.15, 0.2) is 33.8 Å². The van der Waals surface area contributed by atoms with Gasteiger partial charge in [0.15, 0.2) is 5.96 Å². The van der Waals surface area contributed by atoms with Gasteiger partial charge in [0.2, 0.25) is 0 Å². The number of nitrogens with two attached hydrogens (primary N) is 1. The first-order valence-corrected chi connectivity index (χ1v) is 8.94. The Bertz CT molecular complexity index is 749. The van der Waals surface area contributed by atoms with E-state index < -0.39 is 0 Å². The highest BCUT2D eigenvalue weighted by Gasteiger charge is 2.20. The lowest BCUT2D eigenvalue weighted by atomic mass is 10.00. The van der Waals surface area contributed by atoms with Crippen LogP contribution in [0.3, 0.4) is 0 Å². The molecule has 1 saturated heterocycles. The molecule has 27 heavy (non-hydrogen) atoms. The summed E-state index contributed by atoms with van der Waals surface area (Å²) in [6.07, 6.45) is 0. The van der Waals surface area contributed by atoms with Crippen LogP contribution in [0.2, 0.25) is 0 Å². The summed E-state index contributed by atoms with van der Waals surface area (Å²) in [4.78, 5) is 8.91. The predicted molar refractivity (Wildman–Crippen MR) is 116 cm³/mol. The molecule has 0 bridgehead atoms. The molecule has 148 valence electrons. The number of aryl methyl sites for hydroxylation is 2. The predicted octanol–water partition coefficient (Wildman–Crippen LogP) is 3.29. The summed E-state index contributed by atoms with van der Waals surface area (Å²) >= 11 is 0. The number of hydrogen-bond donors (Lipinski definition) is 1. The van der Waals surface area contributed by atoms with E-state index in [4.69, 9.17) is 10.3 Å². The highest BCUT2D eigenvalue weighted by molar-refractivity contribution is 14.0. The SMILES string of the molecule is Cc1noc(C)c1C(C)CN=C(N)N1CCN(c2ccc(F)cc2)CC1.I. The minimum atomic E-state index is -0.212. The number of rotatable bonds is 4. The van der Waals surface area contributed by atoms with Crippen LogP contribution in [-0.2, 0) is 0 Å². The molecule has 2 aromatic rings. The Morgan fingerprint density at radius 1 is 1.22 bits per heavy atom. The number of hydrogen-bond acceptors (Lipinski definition) is 4. The Morgan fingerprint density at radius 3 is 2.41 bits per heavy atom. The fourth-order valence-electron chi connectivity index (χ4n) is 3.46. The number of piperazine rings is 1. The molecule has 1 aromatic heterocycles. The Morgan fingerprint density at radius 2 is 1.85 bits per heavy atom. The second-order valence-corrected chi connectivity index (χ2v) is 6.79. The Balaban J connectivity index is 0.00000261. The molecule has 1 aliphatic heterocycles. The van der Waals surface area contributed by atoms with Crippen LogP contribution in [0.4, 0.5) is 10.1 Å². The molecule has 1 unspecified atom stereocenters. The molecule has 0 aliphatic carbocycles. The molecule has 1 fully saturated rings. The van der Waals surface area contributed by atoms with Gasteiger partial charge in [-0.1, -0.05) is 12.1 Å². The van der Waals surface area contributed by atoms with E-state index in [0.717, 1.165) is 48.9 Å². The van der Waals surface area contributed by atoms with Gasteiger partial charge in [0.25, 0.3) is 0 Å². The Kier molecular flexibility index (Phi) is 7.46. The third kappa shape index (κ3) is 5.12. The molecule has 1 aromatic carbocycles. The van der Waals surface area contributed by atoms with Gasteiger partial charge >= 0.3 is 0 Å². The molecular weight excluding hydrogens is 460 g/mol. The lowest BCUT2D eigenvalue weighted by Crippen LogP contribution is -2.51. The highest BCUT2D eigenvalue weighted by atomic mass is 127. The number of guanidine groups is 1. The minimum absolute atomic E-state index is 0. The Hall–Kier alpha value is -1.84. The lowest BCUT2D eigenvalue weighted by molar-refractivity contribution is 0.380. The smallest absolute Gasteiger partial charge is 0.191 e. The first-order chi connectivity index (χ1) is 12.5. The van der Waals surface area contributed by atoms with E-state index in [1.165, 1.54) is 12.1 Å². The molecule has 0 amide bonds. The van der Waals surface area contributed by atoms with Crippen molar-refractivity contribution in [1.82, 2.24) is 10.1 Å². The third-order valence-electron chi connectivity index (χ3n) is 4.90. The van der Waals surface area contributed by atoms with Gasteiger partial charge in [0.05, 0.1) is 5.69 Å². The van der Waals surface area contributed by atoms with Gasteiger partial charge in [-0.05, 0) is 38.1 Å². The zero-order valence-corrected chi connectivity index (χ0v) is 18.3.